The number of ether oxygens (including phenoxy) is 1. The van der Waals surface area contributed by atoms with Crippen molar-refractivity contribution in [1.82, 2.24) is 29.0 Å². The van der Waals surface area contributed by atoms with E-state index in [1.165, 1.54) is 11.5 Å². The molecule has 134 valence electrons. The van der Waals surface area contributed by atoms with Gasteiger partial charge < -0.3 is 9.30 Å². The zero-order chi connectivity index (χ0) is 18.1. The SMILES string of the molecule is Cc1nsc(-c2nnc3n2CCN(C(=O)OCc2ccccc2)[C@@H]3C)n1. The first-order chi connectivity index (χ1) is 12.6. The van der Waals surface area contributed by atoms with E-state index < -0.39 is 0 Å². The number of aryl methyl sites for hydroxylation is 1. The monoisotopic (exact) mass is 370 g/mol. The van der Waals surface area contributed by atoms with Gasteiger partial charge in [-0.05, 0) is 30.9 Å². The van der Waals surface area contributed by atoms with Crippen LogP contribution in [0.5, 0.6) is 0 Å². The lowest BCUT2D eigenvalue weighted by Gasteiger charge is -2.32. The van der Waals surface area contributed by atoms with Crippen molar-refractivity contribution in [2.45, 2.75) is 33.0 Å². The molecule has 1 aromatic carbocycles. The van der Waals surface area contributed by atoms with Crippen LogP contribution in [-0.4, -0.2) is 41.7 Å². The molecule has 0 saturated heterocycles. The minimum atomic E-state index is -0.344. The molecule has 1 amide bonds. The number of benzene rings is 1. The molecule has 1 atom stereocenters. The standard InChI is InChI=1S/C17H18N6O2S/c1-11-14-19-20-15(16-18-12(2)21-26-16)23(14)9-8-22(11)17(24)25-10-13-6-4-3-5-7-13/h3-7,11H,8-10H2,1-2H3/t11-/m1/s1. The first-order valence-corrected chi connectivity index (χ1v) is 9.12. The number of hydrogen-bond donors (Lipinski definition) is 0. The number of rotatable bonds is 3. The van der Waals surface area contributed by atoms with Crippen molar-refractivity contribution in [1.29, 1.82) is 0 Å². The van der Waals surface area contributed by atoms with Gasteiger partial charge in [0.2, 0.25) is 0 Å². The molecule has 0 unspecified atom stereocenters. The predicted molar refractivity (Wildman–Crippen MR) is 95.4 cm³/mol. The van der Waals surface area contributed by atoms with E-state index in [9.17, 15) is 4.79 Å². The third kappa shape index (κ3) is 3.05. The molecule has 8 nitrogen and oxygen atoms in total. The van der Waals surface area contributed by atoms with E-state index in [0.29, 0.717) is 18.9 Å². The summed E-state index contributed by atoms with van der Waals surface area (Å²) in [5.41, 5.74) is 0.961. The molecule has 0 aliphatic carbocycles. The van der Waals surface area contributed by atoms with Crippen molar-refractivity contribution in [3.8, 4) is 10.8 Å². The summed E-state index contributed by atoms with van der Waals surface area (Å²) in [5, 5.41) is 9.28. The molecule has 0 bridgehead atoms. The van der Waals surface area contributed by atoms with E-state index in [0.717, 1.165) is 22.2 Å². The Hall–Kier alpha value is -2.81. The highest BCUT2D eigenvalue weighted by atomic mass is 32.1. The number of carbonyl (C=O) groups is 1. The van der Waals surface area contributed by atoms with E-state index in [4.69, 9.17) is 4.74 Å². The zero-order valence-corrected chi connectivity index (χ0v) is 15.3. The average Bonchev–Trinajstić information content (AvgIpc) is 3.27. The number of hydrogen-bond acceptors (Lipinski definition) is 7. The largest absolute Gasteiger partial charge is 0.445 e. The second kappa shape index (κ2) is 6.83. The molecule has 0 spiro atoms. The fraction of sp³-hybridized carbons (Fsp3) is 0.353. The van der Waals surface area contributed by atoms with E-state index >= 15 is 0 Å². The minimum Gasteiger partial charge on any atom is -0.445 e. The molecular formula is C17H18N6O2S. The average molecular weight is 370 g/mol. The third-order valence-electron chi connectivity index (χ3n) is 4.34. The van der Waals surface area contributed by atoms with Crippen LogP contribution in [-0.2, 0) is 17.9 Å². The summed E-state index contributed by atoms with van der Waals surface area (Å²) in [6.07, 6.45) is -0.344. The van der Waals surface area contributed by atoms with Crippen LogP contribution < -0.4 is 0 Å². The van der Waals surface area contributed by atoms with Crippen LogP contribution in [0.1, 0.15) is 30.2 Å². The molecule has 0 N–H and O–H groups in total. The number of carbonyl (C=O) groups excluding carboxylic acids is 1. The molecule has 2 aromatic heterocycles. The Bertz CT molecular complexity index is 922. The maximum absolute atomic E-state index is 12.5. The molecule has 0 radical (unpaired) electrons. The Balaban J connectivity index is 1.49. The summed E-state index contributed by atoms with van der Waals surface area (Å²) in [5.74, 6) is 2.16. The molecule has 3 heterocycles. The fourth-order valence-electron chi connectivity index (χ4n) is 2.98. The lowest BCUT2D eigenvalue weighted by atomic mass is 10.2. The highest BCUT2D eigenvalue weighted by Gasteiger charge is 2.33. The van der Waals surface area contributed by atoms with Gasteiger partial charge in [0.15, 0.2) is 16.7 Å². The van der Waals surface area contributed by atoms with Crippen LogP contribution in [0, 0.1) is 6.92 Å². The maximum Gasteiger partial charge on any atom is 0.410 e. The molecule has 0 saturated carbocycles. The number of amides is 1. The van der Waals surface area contributed by atoms with Crippen LogP contribution >= 0.6 is 11.5 Å². The first kappa shape index (κ1) is 16.6. The summed E-state index contributed by atoms with van der Waals surface area (Å²) >= 11 is 1.30. The Labute approximate surface area is 154 Å². The quantitative estimate of drug-likeness (QED) is 0.705. The van der Waals surface area contributed by atoms with Gasteiger partial charge in [-0.3, -0.25) is 4.90 Å². The number of nitrogens with zero attached hydrogens (tertiary/aromatic N) is 6. The first-order valence-electron chi connectivity index (χ1n) is 8.34. The van der Waals surface area contributed by atoms with Gasteiger partial charge in [0.1, 0.15) is 12.4 Å². The third-order valence-corrected chi connectivity index (χ3v) is 5.15. The minimum absolute atomic E-state index is 0.220. The number of fused-ring (bicyclic) bond motifs is 1. The van der Waals surface area contributed by atoms with E-state index in [1.54, 1.807) is 4.90 Å². The van der Waals surface area contributed by atoms with Crippen LogP contribution in [0.3, 0.4) is 0 Å². The van der Waals surface area contributed by atoms with Crippen molar-refractivity contribution >= 4 is 17.6 Å². The van der Waals surface area contributed by atoms with Crippen molar-refractivity contribution in [3.63, 3.8) is 0 Å². The molecule has 0 fully saturated rings. The van der Waals surface area contributed by atoms with Gasteiger partial charge in [0, 0.05) is 13.1 Å². The Morgan fingerprint density at radius 1 is 1.27 bits per heavy atom. The van der Waals surface area contributed by atoms with Gasteiger partial charge in [-0.15, -0.1) is 10.2 Å². The number of aromatic nitrogens is 5. The van der Waals surface area contributed by atoms with E-state index in [-0.39, 0.29) is 18.7 Å². The maximum atomic E-state index is 12.5. The second-order valence-electron chi connectivity index (χ2n) is 6.09. The zero-order valence-electron chi connectivity index (χ0n) is 14.5. The predicted octanol–water partition coefficient (Wildman–Crippen LogP) is 2.82. The molecule has 26 heavy (non-hydrogen) atoms. The van der Waals surface area contributed by atoms with Gasteiger partial charge >= 0.3 is 6.09 Å². The van der Waals surface area contributed by atoms with E-state index in [1.807, 2.05) is 48.7 Å². The summed E-state index contributed by atoms with van der Waals surface area (Å²) in [6, 6.07) is 9.42. The van der Waals surface area contributed by atoms with Gasteiger partial charge in [-0.2, -0.15) is 4.37 Å². The molecule has 1 aliphatic rings. The second-order valence-corrected chi connectivity index (χ2v) is 6.84. The topological polar surface area (TPSA) is 86.0 Å². The van der Waals surface area contributed by atoms with Crippen LogP contribution in [0.4, 0.5) is 4.79 Å². The van der Waals surface area contributed by atoms with E-state index in [2.05, 4.69) is 19.6 Å². The Morgan fingerprint density at radius 3 is 2.81 bits per heavy atom. The van der Waals surface area contributed by atoms with Crippen LogP contribution in [0.25, 0.3) is 10.8 Å². The fourth-order valence-corrected chi connectivity index (χ4v) is 3.65. The summed E-state index contributed by atoms with van der Waals surface area (Å²) in [6.45, 7) is 5.16. The van der Waals surface area contributed by atoms with Crippen LogP contribution in [0.15, 0.2) is 30.3 Å². The highest BCUT2D eigenvalue weighted by molar-refractivity contribution is 7.09. The summed E-state index contributed by atoms with van der Waals surface area (Å²) in [7, 11) is 0. The van der Waals surface area contributed by atoms with Crippen molar-refractivity contribution < 1.29 is 9.53 Å². The lowest BCUT2D eigenvalue weighted by molar-refractivity contribution is 0.0728. The van der Waals surface area contributed by atoms with Crippen molar-refractivity contribution in [3.05, 3.63) is 47.5 Å². The smallest absolute Gasteiger partial charge is 0.410 e. The molecule has 3 aromatic rings. The molecule has 1 aliphatic heterocycles. The van der Waals surface area contributed by atoms with Gasteiger partial charge in [-0.1, -0.05) is 30.3 Å². The lowest BCUT2D eigenvalue weighted by Crippen LogP contribution is -2.41. The summed E-state index contributed by atoms with van der Waals surface area (Å²) in [4.78, 5) is 18.6. The molecule has 4 rings (SSSR count). The van der Waals surface area contributed by atoms with Gasteiger partial charge in [-0.25, -0.2) is 9.78 Å². The summed E-state index contributed by atoms with van der Waals surface area (Å²) < 4.78 is 11.7. The normalized spacial score (nSPS) is 16.4. The van der Waals surface area contributed by atoms with Crippen molar-refractivity contribution in [2.75, 3.05) is 6.54 Å². The Kier molecular flexibility index (Phi) is 4.37. The molecule has 9 heteroatoms. The highest BCUT2D eigenvalue weighted by Crippen LogP contribution is 2.29. The van der Waals surface area contributed by atoms with Gasteiger partial charge in [0.25, 0.3) is 0 Å². The molecular weight excluding hydrogens is 352 g/mol. The van der Waals surface area contributed by atoms with Crippen molar-refractivity contribution in [2.24, 2.45) is 0 Å². The van der Waals surface area contributed by atoms with Gasteiger partial charge in [0.05, 0.1) is 6.04 Å². The Morgan fingerprint density at radius 2 is 2.08 bits per heavy atom. The van der Waals surface area contributed by atoms with Crippen LogP contribution in [0.2, 0.25) is 0 Å².